The number of likely N-dealkylation sites (N-methyl/N-ethyl adjacent to an activating group) is 1. The summed E-state index contributed by atoms with van der Waals surface area (Å²) in [6.07, 6.45) is 4.18. The van der Waals surface area contributed by atoms with Gasteiger partial charge in [-0.3, -0.25) is 19.1 Å². The van der Waals surface area contributed by atoms with Crippen molar-refractivity contribution in [3.05, 3.63) is 28.1 Å². The van der Waals surface area contributed by atoms with E-state index >= 15 is 0 Å². The van der Waals surface area contributed by atoms with Crippen molar-refractivity contribution in [2.45, 2.75) is 38.8 Å². The van der Waals surface area contributed by atoms with Crippen LogP contribution in [-0.4, -0.2) is 46.0 Å². The van der Waals surface area contributed by atoms with E-state index in [0.717, 1.165) is 24.3 Å². The number of aryl methyl sites for hydroxylation is 1. The SMILES string of the molecule is CCN1CCCC1CNC(=O)CCn1cnc2sccc2c1=O. The smallest absolute Gasteiger partial charge is 0.262 e. The molecule has 1 amide bonds. The number of nitrogens with zero attached hydrogens (tertiary/aromatic N) is 3. The largest absolute Gasteiger partial charge is 0.354 e. The van der Waals surface area contributed by atoms with E-state index in [1.165, 1.54) is 28.7 Å². The van der Waals surface area contributed by atoms with Crippen molar-refractivity contribution < 1.29 is 4.79 Å². The van der Waals surface area contributed by atoms with Crippen LogP contribution in [0, 0.1) is 0 Å². The van der Waals surface area contributed by atoms with E-state index in [9.17, 15) is 9.59 Å². The monoisotopic (exact) mass is 334 g/mol. The van der Waals surface area contributed by atoms with Crippen LogP contribution in [0.4, 0.5) is 0 Å². The lowest BCUT2D eigenvalue weighted by Gasteiger charge is -2.22. The number of likely N-dealkylation sites (tertiary alicyclic amines) is 1. The second-order valence-electron chi connectivity index (χ2n) is 5.86. The predicted molar refractivity (Wildman–Crippen MR) is 91.8 cm³/mol. The minimum absolute atomic E-state index is 0.00901. The van der Waals surface area contributed by atoms with Gasteiger partial charge in [-0.25, -0.2) is 4.98 Å². The molecule has 3 rings (SSSR count). The first-order valence-electron chi connectivity index (χ1n) is 8.12. The molecule has 1 aliphatic rings. The molecule has 0 radical (unpaired) electrons. The molecule has 1 N–H and O–H groups in total. The molecular weight excluding hydrogens is 312 g/mol. The highest BCUT2D eigenvalue weighted by Gasteiger charge is 2.22. The Hall–Kier alpha value is -1.73. The van der Waals surface area contributed by atoms with Gasteiger partial charge in [0.15, 0.2) is 0 Å². The van der Waals surface area contributed by atoms with Gasteiger partial charge in [-0.1, -0.05) is 6.92 Å². The van der Waals surface area contributed by atoms with Gasteiger partial charge in [0.2, 0.25) is 5.91 Å². The van der Waals surface area contributed by atoms with Crippen molar-refractivity contribution in [1.29, 1.82) is 0 Å². The number of thiophene rings is 1. The lowest BCUT2D eigenvalue weighted by molar-refractivity contribution is -0.121. The molecule has 3 heterocycles. The lowest BCUT2D eigenvalue weighted by Crippen LogP contribution is -2.40. The van der Waals surface area contributed by atoms with Crippen molar-refractivity contribution in [3.63, 3.8) is 0 Å². The number of hydrogen-bond donors (Lipinski definition) is 1. The van der Waals surface area contributed by atoms with Crippen molar-refractivity contribution in [3.8, 4) is 0 Å². The molecule has 1 aliphatic heterocycles. The van der Waals surface area contributed by atoms with Crippen LogP contribution in [0.1, 0.15) is 26.2 Å². The highest BCUT2D eigenvalue weighted by molar-refractivity contribution is 7.16. The van der Waals surface area contributed by atoms with Gasteiger partial charge in [-0.15, -0.1) is 11.3 Å². The standard InChI is InChI=1S/C16H22N4O2S/c1-2-19-7-3-4-12(19)10-17-14(21)5-8-20-11-18-15-13(16(20)22)6-9-23-15/h6,9,11-12H,2-5,7-8,10H2,1H3,(H,17,21). The van der Waals surface area contributed by atoms with Crippen LogP contribution in [0.2, 0.25) is 0 Å². The van der Waals surface area contributed by atoms with E-state index in [1.807, 2.05) is 5.38 Å². The molecule has 1 saturated heterocycles. The van der Waals surface area contributed by atoms with E-state index in [1.54, 1.807) is 6.07 Å². The summed E-state index contributed by atoms with van der Waals surface area (Å²) in [6.45, 7) is 5.37. The Labute approximate surface area is 139 Å². The predicted octanol–water partition coefficient (Wildman–Crippen LogP) is 1.45. The third kappa shape index (κ3) is 3.61. The van der Waals surface area contributed by atoms with Crippen LogP contribution in [0.15, 0.2) is 22.6 Å². The summed E-state index contributed by atoms with van der Waals surface area (Å²) in [6, 6.07) is 2.24. The summed E-state index contributed by atoms with van der Waals surface area (Å²) in [5, 5.41) is 5.48. The minimum Gasteiger partial charge on any atom is -0.354 e. The Morgan fingerprint density at radius 3 is 3.22 bits per heavy atom. The van der Waals surface area contributed by atoms with E-state index in [2.05, 4.69) is 22.1 Å². The van der Waals surface area contributed by atoms with Crippen LogP contribution in [0.3, 0.4) is 0 Å². The van der Waals surface area contributed by atoms with Gasteiger partial charge in [0.1, 0.15) is 4.83 Å². The number of carbonyl (C=O) groups excluding carboxylic acids is 1. The summed E-state index contributed by atoms with van der Waals surface area (Å²) < 4.78 is 1.52. The fourth-order valence-electron chi connectivity index (χ4n) is 3.14. The summed E-state index contributed by atoms with van der Waals surface area (Å²) in [5.74, 6) is -0.00901. The zero-order chi connectivity index (χ0) is 16.2. The van der Waals surface area contributed by atoms with Gasteiger partial charge in [0, 0.05) is 25.6 Å². The van der Waals surface area contributed by atoms with Crippen LogP contribution < -0.4 is 10.9 Å². The van der Waals surface area contributed by atoms with Crippen LogP contribution in [-0.2, 0) is 11.3 Å². The summed E-state index contributed by atoms with van der Waals surface area (Å²) in [7, 11) is 0. The van der Waals surface area contributed by atoms with E-state index in [-0.39, 0.29) is 11.5 Å². The fraction of sp³-hybridized carbons (Fsp3) is 0.562. The molecule has 2 aromatic heterocycles. The van der Waals surface area contributed by atoms with Gasteiger partial charge in [0.05, 0.1) is 11.7 Å². The number of amides is 1. The van der Waals surface area contributed by atoms with Crippen LogP contribution in [0.5, 0.6) is 0 Å². The molecule has 6 nitrogen and oxygen atoms in total. The van der Waals surface area contributed by atoms with Gasteiger partial charge in [0.25, 0.3) is 5.56 Å². The van der Waals surface area contributed by atoms with Crippen molar-refractivity contribution in [2.24, 2.45) is 0 Å². The molecule has 0 bridgehead atoms. The first-order valence-corrected chi connectivity index (χ1v) is 9.00. The van der Waals surface area contributed by atoms with E-state index < -0.39 is 0 Å². The number of hydrogen-bond acceptors (Lipinski definition) is 5. The molecule has 0 aromatic carbocycles. The second-order valence-corrected chi connectivity index (χ2v) is 6.76. The summed E-state index contributed by atoms with van der Waals surface area (Å²) in [4.78, 5) is 31.7. The topological polar surface area (TPSA) is 67.2 Å². The molecule has 7 heteroatoms. The Balaban J connectivity index is 1.52. The molecule has 1 fully saturated rings. The summed E-state index contributed by atoms with van der Waals surface area (Å²) >= 11 is 1.45. The quantitative estimate of drug-likeness (QED) is 0.868. The summed E-state index contributed by atoms with van der Waals surface area (Å²) in [5.41, 5.74) is -0.0722. The van der Waals surface area contributed by atoms with Gasteiger partial charge in [-0.05, 0) is 37.4 Å². The maximum atomic E-state index is 12.2. The molecule has 2 aromatic rings. The molecule has 23 heavy (non-hydrogen) atoms. The van der Waals surface area contributed by atoms with Crippen molar-refractivity contribution >= 4 is 27.5 Å². The molecule has 1 unspecified atom stereocenters. The van der Waals surface area contributed by atoms with Crippen LogP contribution in [0.25, 0.3) is 10.2 Å². The first-order chi connectivity index (χ1) is 11.2. The van der Waals surface area contributed by atoms with E-state index in [4.69, 9.17) is 0 Å². The molecule has 124 valence electrons. The maximum absolute atomic E-state index is 12.2. The van der Waals surface area contributed by atoms with Gasteiger partial charge < -0.3 is 5.32 Å². The minimum atomic E-state index is -0.0722. The Morgan fingerprint density at radius 1 is 1.52 bits per heavy atom. The average molecular weight is 334 g/mol. The molecule has 0 saturated carbocycles. The van der Waals surface area contributed by atoms with E-state index in [0.29, 0.717) is 30.9 Å². The van der Waals surface area contributed by atoms with Crippen molar-refractivity contribution in [2.75, 3.05) is 19.6 Å². The number of carbonyl (C=O) groups is 1. The Kier molecular flexibility index (Phi) is 5.07. The highest BCUT2D eigenvalue weighted by atomic mass is 32.1. The number of nitrogens with one attached hydrogen (secondary N) is 1. The maximum Gasteiger partial charge on any atom is 0.262 e. The molecular formula is C16H22N4O2S. The lowest BCUT2D eigenvalue weighted by atomic mass is 10.2. The normalized spacial score (nSPS) is 18.6. The van der Waals surface area contributed by atoms with Crippen LogP contribution >= 0.6 is 11.3 Å². The first kappa shape index (κ1) is 16.1. The third-order valence-electron chi connectivity index (χ3n) is 4.47. The molecule has 1 atom stereocenters. The van der Waals surface area contributed by atoms with Crippen molar-refractivity contribution in [1.82, 2.24) is 19.8 Å². The number of fused-ring (bicyclic) bond motifs is 1. The number of aromatic nitrogens is 2. The Morgan fingerprint density at radius 2 is 2.39 bits per heavy atom. The van der Waals surface area contributed by atoms with Gasteiger partial charge in [-0.2, -0.15) is 0 Å². The molecule has 0 aliphatic carbocycles. The Bertz CT molecular complexity index is 739. The number of rotatable bonds is 6. The molecule has 0 spiro atoms. The second kappa shape index (κ2) is 7.23. The average Bonchev–Trinajstić information content (AvgIpc) is 3.21. The van der Waals surface area contributed by atoms with Gasteiger partial charge >= 0.3 is 0 Å². The third-order valence-corrected chi connectivity index (χ3v) is 5.29. The zero-order valence-electron chi connectivity index (χ0n) is 13.3. The zero-order valence-corrected chi connectivity index (χ0v) is 14.1. The highest BCUT2D eigenvalue weighted by Crippen LogP contribution is 2.15. The fourth-order valence-corrected chi connectivity index (χ4v) is 3.86.